The van der Waals surface area contributed by atoms with Crippen LogP contribution in [0.4, 0.5) is 19.4 Å². The van der Waals surface area contributed by atoms with Crippen molar-refractivity contribution in [3.8, 4) is 16.8 Å². The van der Waals surface area contributed by atoms with Crippen LogP contribution in [0.5, 0.6) is 0 Å². The zero-order chi connectivity index (χ0) is 32.8. The van der Waals surface area contributed by atoms with Crippen molar-refractivity contribution in [3.63, 3.8) is 0 Å². The van der Waals surface area contributed by atoms with Gasteiger partial charge in [0.05, 0.1) is 16.9 Å². The Balaban J connectivity index is 1.76. The Bertz CT molecular complexity index is 1860. The first-order valence-electron chi connectivity index (χ1n) is 14.9. The summed E-state index contributed by atoms with van der Waals surface area (Å²) in [4.78, 5) is 51.2. The minimum absolute atomic E-state index is 0.0243. The number of carbonyl (C=O) groups is 2. The summed E-state index contributed by atoms with van der Waals surface area (Å²) in [6.07, 6.45) is 1.69. The van der Waals surface area contributed by atoms with Crippen molar-refractivity contribution < 1.29 is 23.1 Å². The highest BCUT2D eigenvalue weighted by Crippen LogP contribution is 2.37. The third kappa shape index (κ3) is 6.03. The van der Waals surface area contributed by atoms with Gasteiger partial charge in [0.15, 0.2) is 6.29 Å². The molecule has 11 heteroatoms. The lowest BCUT2D eigenvalue weighted by atomic mass is 9.97. The fourth-order valence-corrected chi connectivity index (χ4v) is 5.83. The number of hydrogen-bond acceptors (Lipinski definition) is 7. The summed E-state index contributed by atoms with van der Waals surface area (Å²) in [6.45, 7) is 13.9. The van der Waals surface area contributed by atoms with Crippen molar-refractivity contribution in [1.82, 2.24) is 19.4 Å². The maximum Gasteiger partial charge on any atom is 0.410 e. The smallest absolute Gasteiger partial charge is 0.410 e. The van der Waals surface area contributed by atoms with Gasteiger partial charge in [-0.2, -0.15) is 4.98 Å². The number of hydrogen-bond donors (Lipinski definition) is 0. The molecule has 0 bridgehead atoms. The minimum Gasteiger partial charge on any atom is -0.444 e. The highest BCUT2D eigenvalue weighted by molar-refractivity contribution is 5.96. The van der Waals surface area contributed by atoms with Crippen LogP contribution < -0.4 is 10.6 Å². The molecule has 1 aliphatic rings. The summed E-state index contributed by atoms with van der Waals surface area (Å²) in [5.74, 6) is -1.38. The van der Waals surface area contributed by atoms with Gasteiger partial charge in [-0.05, 0) is 70.4 Å². The summed E-state index contributed by atoms with van der Waals surface area (Å²) < 4.78 is 38.2. The van der Waals surface area contributed by atoms with Crippen LogP contribution in [0, 0.1) is 18.6 Å². The fourth-order valence-electron chi connectivity index (χ4n) is 5.83. The SMILES string of the molecule is Cc1ccnc(C(C)C)c1-n1c(=O)nc(N2CCN(C(=O)OC(C)(C)C)C[C@@H]2C)c2cc(F)c(-c3c(F)cccc3C=O)cc21. The molecule has 1 aliphatic heterocycles. The molecule has 0 unspecified atom stereocenters. The maximum absolute atomic E-state index is 16.1. The van der Waals surface area contributed by atoms with E-state index in [4.69, 9.17) is 4.74 Å². The van der Waals surface area contributed by atoms with Crippen LogP contribution in [0.15, 0.2) is 47.4 Å². The van der Waals surface area contributed by atoms with Gasteiger partial charge in [-0.1, -0.05) is 26.0 Å². The highest BCUT2D eigenvalue weighted by atomic mass is 19.1. The Kier molecular flexibility index (Phi) is 8.48. The average Bonchev–Trinajstić information content (AvgIpc) is 2.96. The molecule has 0 N–H and O–H groups in total. The topological polar surface area (TPSA) is 97.6 Å². The number of benzene rings is 2. The molecule has 0 radical (unpaired) electrons. The number of aromatic nitrogens is 3. The third-order valence-electron chi connectivity index (χ3n) is 7.88. The number of halogens is 2. The first-order valence-corrected chi connectivity index (χ1v) is 14.9. The Hall–Kier alpha value is -4.67. The summed E-state index contributed by atoms with van der Waals surface area (Å²) in [5.41, 5.74) is 0.499. The highest BCUT2D eigenvalue weighted by Gasteiger charge is 2.33. The Morgan fingerprint density at radius 2 is 1.84 bits per heavy atom. The van der Waals surface area contributed by atoms with Crippen molar-refractivity contribution in [2.75, 3.05) is 24.5 Å². The predicted molar refractivity (Wildman–Crippen MR) is 169 cm³/mol. The van der Waals surface area contributed by atoms with E-state index in [0.29, 0.717) is 42.7 Å². The second kappa shape index (κ2) is 12.0. The van der Waals surface area contributed by atoms with Gasteiger partial charge in [0.2, 0.25) is 0 Å². The van der Waals surface area contributed by atoms with Crippen LogP contribution in [-0.2, 0) is 4.74 Å². The van der Waals surface area contributed by atoms with E-state index >= 15 is 8.78 Å². The standard InChI is InChI=1S/C34H37F2N5O4/c1-19(2)29-30(20(3)11-12-37-29)41-27-16-23(28-22(18-42)9-8-10-25(28)35)26(36)15-24(27)31(38-32(41)43)40-14-13-39(17-21(40)4)33(44)45-34(5,6)7/h8-12,15-16,18-19,21H,13-14,17H2,1-7H3/t21-/m0/s1. The van der Waals surface area contributed by atoms with Gasteiger partial charge in [0, 0.05) is 53.9 Å². The molecule has 0 aliphatic carbocycles. The number of fused-ring (bicyclic) bond motifs is 1. The Morgan fingerprint density at radius 3 is 2.49 bits per heavy atom. The number of amides is 1. The zero-order valence-electron chi connectivity index (χ0n) is 26.5. The lowest BCUT2D eigenvalue weighted by Crippen LogP contribution is -2.55. The van der Waals surface area contributed by atoms with E-state index in [2.05, 4.69) is 9.97 Å². The number of piperazine rings is 1. The molecule has 45 heavy (non-hydrogen) atoms. The van der Waals surface area contributed by atoms with Gasteiger partial charge in [-0.3, -0.25) is 14.3 Å². The minimum atomic E-state index is -0.781. The summed E-state index contributed by atoms with van der Waals surface area (Å²) in [5, 5.41) is 0.315. The molecule has 4 aromatic rings. The van der Waals surface area contributed by atoms with Gasteiger partial charge in [-0.25, -0.2) is 18.4 Å². The molecule has 2 aromatic heterocycles. The Morgan fingerprint density at radius 1 is 1.11 bits per heavy atom. The number of anilines is 1. The van der Waals surface area contributed by atoms with E-state index in [0.717, 1.165) is 11.6 Å². The lowest BCUT2D eigenvalue weighted by molar-refractivity contribution is 0.0218. The molecule has 236 valence electrons. The number of ether oxygens (including phenoxy) is 1. The third-order valence-corrected chi connectivity index (χ3v) is 7.88. The average molecular weight is 618 g/mol. The largest absolute Gasteiger partial charge is 0.444 e. The normalized spacial score (nSPS) is 15.6. The quantitative estimate of drug-likeness (QED) is 0.239. The van der Waals surface area contributed by atoms with Crippen molar-refractivity contribution in [3.05, 3.63) is 81.5 Å². The van der Waals surface area contributed by atoms with Crippen LogP contribution in [0.2, 0.25) is 0 Å². The molecular weight excluding hydrogens is 580 g/mol. The molecule has 0 saturated carbocycles. The second-order valence-corrected chi connectivity index (χ2v) is 12.7. The summed E-state index contributed by atoms with van der Waals surface area (Å²) >= 11 is 0. The van der Waals surface area contributed by atoms with Crippen LogP contribution in [0.3, 0.4) is 0 Å². The van der Waals surface area contributed by atoms with E-state index in [1.165, 1.54) is 28.8 Å². The van der Waals surface area contributed by atoms with Crippen molar-refractivity contribution in [2.45, 2.75) is 66.0 Å². The molecule has 1 saturated heterocycles. The van der Waals surface area contributed by atoms with Gasteiger partial charge < -0.3 is 14.5 Å². The molecule has 3 heterocycles. The maximum atomic E-state index is 16.1. The first-order chi connectivity index (χ1) is 21.2. The molecular formula is C34H37F2N5O4. The van der Waals surface area contributed by atoms with Gasteiger partial charge >= 0.3 is 11.8 Å². The van der Waals surface area contributed by atoms with Gasteiger partial charge in [-0.15, -0.1) is 0 Å². The van der Waals surface area contributed by atoms with E-state index in [-0.39, 0.29) is 40.0 Å². The number of nitrogens with zero attached hydrogens (tertiary/aromatic N) is 5. The van der Waals surface area contributed by atoms with Crippen molar-refractivity contribution in [2.24, 2.45) is 0 Å². The number of pyridine rings is 1. The van der Waals surface area contributed by atoms with E-state index in [9.17, 15) is 14.4 Å². The first kappa shape index (κ1) is 31.7. The van der Waals surface area contributed by atoms with Crippen LogP contribution >= 0.6 is 0 Å². The van der Waals surface area contributed by atoms with Gasteiger partial charge in [0.25, 0.3) is 0 Å². The number of aryl methyl sites for hydroxylation is 1. The molecule has 0 spiro atoms. The summed E-state index contributed by atoms with van der Waals surface area (Å²) in [6, 6.07) is 8.06. The fraction of sp³-hybridized carbons (Fsp3) is 0.382. The van der Waals surface area contributed by atoms with E-state index < -0.39 is 29.0 Å². The lowest BCUT2D eigenvalue weighted by Gasteiger charge is -2.41. The van der Waals surface area contributed by atoms with E-state index in [1.807, 2.05) is 32.6 Å². The van der Waals surface area contributed by atoms with Gasteiger partial charge in [0.1, 0.15) is 23.1 Å². The molecule has 9 nitrogen and oxygen atoms in total. The monoisotopic (exact) mass is 617 g/mol. The van der Waals surface area contributed by atoms with Crippen LogP contribution in [0.1, 0.15) is 69.1 Å². The van der Waals surface area contributed by atoms with Crippen LogP contribution in [-0.4, -0.2) is 63.1 Å². The molecule has 1 amide bonds. The predicted octanol–water partition coefficient (Wildman–Crippen LogP) is 6.42. The summed E-state index contributed by atoms with van der Waals surface area (Å²) in [7, 11) is 0. The molecule has 1 fully saturated rings. The van der Waals surface area contributed by atoms with Crippen molar-refractivity contribution >= 4 is 29.1 Å². The molecule has 5 rings (SSSR count). The molecule has 2 aromatic carbocycles. The zero-order valence-corrected chi connectivity index (χ0v) is 26.5. The van der Waals surface area contributed by atoms with Crippen molar-refractivity contribution in [1.29, 1.82) is 0 Å². The number of rotatable bonds is 5. The molecule has 1 atom stereocenters. The number of aldehydes is 1. The van der Waals surface area contributed by atoms with Crippen LogP contribution in [0.25, 0.3) is 27.7 Å². The second-order valence-electron chi connectivity index (χ2n) is 12.7. The van der Waals surface area contributed by atoms with E-state index in [1.54, 1.807) is 37.9 Å². The number of carbonyl (C=O) groups excluding carboxylic acids is 2. The Labute approximate surface area is 260 Å².